The van der Waals surface area contributed by atoms with Crippen LogP contribution in [-0.2, 0) is 14.9 Å². The predicted octanol–water partition coefficient (Wildman–Crippen LogP) is -0.0749. The molecule has 0 aliphatic carbocycles. The summed E-state index contributed by atoms with van der Waals surface area (Å²) in [6, 6.07) is 2.08. The Bertz CT molecular complexity index is 446. The van der Waals surface area contributed by atoms with Gasteiger partial charge in [0.25, 0.3) is 0 Å². The molecule has 0 saturated carbocycles. The van der Waals surface area contributed by atoms with Crippen LogP contribution in [0.3, 0.4) is 0 Å². The number of hydrogen-bond donors (Lipinski definition) is 1. The van der Waals surface area contributed by atoms with E-state index in [-0.39, 0.29) is 4.90 Å². The predicted molar refractivity (Wildman–Crippen MR) is 44.4 cm³/mol. The lowest BCUT2D eigenvalue weighted by Crippen LogP contribution is -2.18. The van der Waals surface area contributed by atoms with Crippen LogP contribution < -0.4 is 5.56 Å². The molecule has 0 aliphatic rings. The van der Waals surface area contributed by atoms with Crippen LogP contribution in [0, 0.1) is 0 Å². The van der Waals surface area contributed by atoms with Crippen LogP contribution >= 0.6 is 0 Å². The van der Waals surface area contributed by atoms with E-state index in [9.17, 15) is 18.3 Å². The van der Waals surface area contributed by atoms with Gasteiger partial charge in [0.2, 0.25) is 15.4 Å². The summed E-state index contributed by atoms with van der Waals surface area (Å²) in [7, 11) is -3.87. The van der Waals surface area contributed by atoms with Gasteiger partial charge in [-0.25, -0.2) is 13.5 Å². The molecular weight excluding hydrogens is 194 g/mol. The second kappa shape index (κ2) is 3.31. The van der Waals surface area contributed by atoms with Gasteiger partial charge in [-0.3, -0.25) is 4.79 Å². The summed E-state index contributed by atoms with van der Waals surface area (Å²) >= 11 is 0. The maximum Gasteiger partial charge on any atom is 0.249 e. The Balaban J connectivity index is 3.32. The van der Waals surface area contributed by atoms with Crippen LogP contribution in [0.5, 0.6) is 0 Å². The lowest BCUT2D eigenvalue weighted by atomic mass is 10.5. The molecule has 0 saturated heterocycles. The molecule has 0 spiro atoms. The lowest BCUT2D eigenvalue weighted by Gasteiger charge is -2.03. The molecular formula is C7H8NO4S. The van der Waals surface area contributed by atoms with E-state index in [2.05, 4.69) is 4.98 Å². The molecule has 0 bridgehead atoms. The molecule has 13 heavy (non-hydrogen) atoms. The first-order valence-electron chi connectivity index (χ1n) is 3.53. The summed E-state index contributed by atoms with van der Waals surface area (Å²) in [5, 5.41) is 10.8. The summed E-state index contributed by atoms with van der Waals surface area (Å²) in [4.78, 5) is 12.8. The van der Waals surface area contributed by atoms with Crippen molar-refractivity contribution < 1.29 is 13.5 Å². The molecule has 71 valence electrons. The van der Waals surface area contributed by atoms with E-state index in [1.165, 1.54) is 12.3 Å². The molecule has 1 unspecified atom stereocenters. The number of pyridine rings is 1. The molecule has 0 amide bonds. The van der Waals surface area contributed by atoms with E-state index in [1.54, 1.807) is 0 Å². The largest absolute Gasteiger partial charge is 0.329 e. The van der Waals surface area contributed by atoms with Crippen molar-refractivity contribution in [3.8, 4) is 0 Å². The van der Waals surface area contributed by atoms with Gasteiger partial charge in [-0.05, 0) is 13.0 Å². The fourth-order valence-electron chi connectivity index (χ4n) is 0.794. The first kappa shape index (κ1) is 9.94. The minimum absolute atomic E-state index is 0.237. The quantitative estimate of drug-likeness (QED) is 0.727. The van der Waals surface area contributed by atoms with Gasteiger partial charge in [0, 0.05) is 12.3 Å². The molecule has 6 heteroatoms. The topological polar surface area (TPSA) is 86.9 Å². The van der Waals surface area contributed by atoms with E-state index in [0.29, 0.717) is 0 Å². The molecule has 0 aliphatic heterocycles. The Morgan fingerprint density at radius 1 is 1.46 bits per heavy atom. The van der Waals surface area contributed by atoms with Crippen LogP contribution in [0.1, 0.15) is 6.92 Å². The molecule has 1 heterocycles. The Morgan fingerprint density at radius 2 is 2.08 bits per heavy atom. The van der Waals surface area contributed by atoms with Gasteiger partial charge in [-0.15, -0.1) is 0 Å². The smallest absolute Gasteiger partial charge is 0.249 e. The second-order valence-corrected chi connectivity index (χ2v) is 4.73. The van der Waals surface area contributed by atoms with Gasteiger partial charge >= 0.3 is 0 Å². The highest BCUT2D eigenvalue weighted by molar-refractivity contribution is 7.91. The SMILES string of the molecule is CC([O])S(=O)(=O)c1cc[nH]c(=O)c1. The van der Waals surface area contributed by atoms with E-state index < -0.39 is 20.8 Å². The Kier molecular flexibility index (Phi) is 2.53. The van der Waals surface area contributed by atoms with Crippen molar-refractivity contribution in [1.82, 2.24) is 4.98 Å². The maximum absolute atomic E-state index is 11.2. The molecule has 1 N–H and O–H groups in total. The second-order valence-electron chi connectivity index (χ2n) is 2.50. The zero-order valence-corrected chi connectivity index (χ0v) is 7.67. The maximum atomic E-state index is 11.2. The minimum atomic E-state index is -3.87. The van der Waals surface area contributed by atoms with Crippen molar-refractivity contribution in [1.29, 1.82) is 0 Å². The third-order valence-corrected chi connectivity index (χ3v) is 3.30. The monoisotopic (exact) mass is 202 g/mol. The van der Waals surface area contributed by atoms with Crippen LogP contribution in [0.2, 0.25) is 0 Å². The van der Waals surface area contributed by atoms with Gasteiger partial charge in [0.05, 0.1) is 4.90 Å². The van der Waals surface area contributed by atoms with Crippen molar-refractivity contribution in [2.24, 2.45) is 0 Å². The Hall–Kier alpha value is -1.14. The molecule has 1 aromatic rings. The number of hydrogen-bond acceptors (Lipinski definition) is 3. The number of sulfone groups is 1. The molecule has 1 atom stereocenters. The zero-order valence-electron chi connectivity index (χ0n) is 6.85. The number of aromatic amines is 1. The summed E-state index contributed by atoms with van der Waals surface area (Å²) < 4.78 is 22.4. The molecule has 5 nitrogen and oxygen atoms in total. The van der Waals surface area contributed by atoms with E-state index in [1.807, 2.05) is 0 Å². The van der Waals surface area contributed by atoms with E-state index >= 15 is 0 Å². The van der Waals surface area contributed by atoms with Gasteiger partial charge < -0.3 is 4.98 Å². The van der Waals surface area contributed by atoms with Crippen LogP contribution in [0.25, 0.3) is 0 Å². The number of nitrogens with one attached hydrogen (secondary N) is 1. The van der Waals surface area contributed by atoms with E-state index in [0.717, 1.165) is 13.0 Å². The van der Waals surface area contributed by atoms with Crippen molar-refractivity contribution in [3.63, 3.8) is 0 Å². The summed E-state index contributed by atoms with van der Waals surface area (Å²) in [5.74, 6) is 0. The average Bonchev–Trinajstić information content (AvgIpc) is 2.04. The van der Waals surface area contributed by atoms with Crippen LogP contribution in [0.4, 0.5) is 0 Å². The fourth-order valence-corrected chi connectivity index (χ4v) is 1.71. The highest BCUT2D eigenvalue weighted by Crippen LogP contribution is 2.11. The van der Waals surface area contributed by atoms with Crippen molar-refractivity contribution in [2.45, 2.75) is 17.3 Å². The average molecular weight is 202 g/mol. The molecule has 1 rings (SSSR count). The van der Waals surface area contributed by atoms with Crippen molar-refractivity contribution in [3.05, 3.63) is 28.7 Å². The van der Waals surface area contributed by atoms with Crippen molar-refractivity contribution >= 4 is 9.84 Å². The van der Waals surface area contributed by atoms with Crippen LogP contribution in [0.15, 0.2) is 28.0 Å². The number of rotatable bonds is 2. The van der Waals surface area contributed by atoms with Gasteiger partial charge in [-0.1, -0.05) is 0 Å². The third kappa shape index (κ3) is 1.96. The highest BCUT2D eigenvalue weighted by Gasteiger charge is 2.22. The first-order valence-corrected chi connectivity index (χ1v) is 5.07. The third-order valence-electron chi connectivity index (χ3n) is 1.51. The Labute approximate surface area is 75.0 Å². The summed E-state index contributed by atoms with van der Waals surface area (Å²) in [5.41, 5.74) is -2.30. The molecule has 1 aromatic heterocycles. The first-order chi connectivity index (χ1) is 5.94. The summed E-state index contributed by atoms with van der Waals surface area (Å²) in [6.45, 7) is 1.02. The van der Waals surface area contributed by atoms with Gasteiger partial charge in [0.15, 0.2) is 5.44 Å². The highest BCUT2D eigenvalue weighted by atomic mass is 32.2. The number of aromatic nitrogens is 1. The van der Waals surface area contributed by atoms with Crippen molar-refractivity contribution in [2.75, 3.05) is 0 Å². The van der Waals surface area contributed by atoms with E-state index in [4.69, 9.17) is 0 Å². The van der Waals surface area contributed by atoms with Crippen LogP contribution in [-0.4, -0.2) is 18.8 Å². The fraction of sp³-hybridized carbons (Fsp3) is 0.286. The number of H-pyrrole nitrogens is 1. The lowest BCUT2D eigenvalue weighted by molar-refractivity contribution is 0.170. The molecule has 1 radical (unpaired) electrons. The molecule has 0 fully saturated rings. The molecule has 0 aromatic carbocycles. The Morgan fingerprint density at radius 3 is 2.54 bits per heavy atom. The standard InChI is InChI=1S/C7H8NO4S/c1-5(9)13(11,12)6-2-3-8-7(10)4-6/h2-5H,1H3,(H,8,10). The van der Waals surface area contributed by atoms with Gasteiger partial charge in [-0.2, -0.15) is 0 Å². The normalized spacial score (nSPS) is 14.0. The zero-order chi connectivity index (χ0) is 10.1. The van der Waals surface area contributed by atoms with Gasteiger partial charge in [0.1, 0.15) is 0 Å². The summed E-state index contributed by atoms with van der Waals surface area (Å²) in [6.07, 6.45) is 1.19. The minimum Gasteiger partial charge on any atom is -0.329 e.